The summed E-state index contributed by atoms with van der Waals surface area (Å²) in [6, 6.07) is 4.03. The fourth-order valence-electron chi connectivity index (χ4n) is 2.01. The van der Waals surface area contributed by atoms with Gasteiger partial charge in [0.25, 0.3) is 0 Å². The van der Waals surface area contributed by atoms with Gasteiger partial charge in [-0.3, -0.25) is 4.79 Å². The topological polar surface area (TPSA) is 17.1 Å². The van der Waals surface area contributed by atoms with Crippen LogP contribution in [0.15, 0.2) is 12.1 Å². The largest absolute Gasteiger partial charge is 0.295 e. The Morgan fingerprint density at radius 3 is 2.00 bits per heavy atom. The van der Waals surface area contributed by atoms with Gasteiger partial charge in [-0.1, -0.05) is 32.9 Å². The molecular weight excluding hydrogens is 184 g/mol. The van der Waals surface area contributed by atoms with Gasteiger partial charge in [-0.2, -0.15) is 0 Å². The number of hydrogen-bond donors (Lipinski definition) is 0. The highest BCUT2D eigenvalue weighted by atomic mass is 16.1. The second kappa shape index (κ2) is 3.80. The van der Waals surface area contributed by atoms with Gasteiger partial charge in [-0.05, 0) is 42.9 Å². The fourth-order valence-corrected chi connectivity index (χ4v) is 2.01. The summed E-state index contributed by atoms with van der Waals surface area (Å²) < 4.78 is 0. The van der Waals surface area contributed by atoms with Crippen LogP contribution in [-0.2, 0) is 5.41 Å². The van der Waals surface area contributed by atoms with Gasteiger partial charge in [0.05, 0.1) is 0 Å². The molecule has 0 fully saturated rings. The molecule has 0 saturated carbocycles. The van der Waals surface area contributed by atoms with E-state index in [1.807, 2.05) is 13.0 Å². The highest BCUT2D eigenvalue weighted by molar-refractivity contribution is 5.95. The first-order valence-electron chi connectivity index (χ1n) is 5.36. The molecule has 1 nitrogen and oxygen atoms in total. The number of benzene rings is 1. The molecule has 15 heavy (non-hydrogen) atoms. The van der Waals surface area contributed by atoms with Crippen molar-refractivity contribution in [2.75, 3.05) is 0 Å². The predicted octanol–water partition coefficient (Wildman–Crippen LogP) is 3.80. The molecule has 0 unspecified atom stereocenters. The number of ketones is 1. The third-order valence-corrected chi connectivity index (χ3v) is 2.97. The van der Waals surface area contributed by atoms with E-state index < -0.39 is 0 Å². The molecule has 0 aliphatic heterocycles. The van der Waals surface area contributed by atoms with Crippen molar-refractivity contribution in [2.24, 2.45) is 0 Å². The van der Waals surface area contributed by atoms with Crippen LogP contribution >= 0.6 is 0 Å². The molecule has 0 aromatic heterocycles. The van der Waals surface area contributed by atoms with Gasteiger partial charge in [0.2, 0.25) is 0 Å². The van der Waals surface area contributed by atoms with Gasteiger partial charge in [-0.15, -0.1) is 0 Å². The number of rotatable bonds is 1. The van der Waals surface area contributed by atoms with Gasteiger partial charge >= 0.3 is 0 Å². The van der Waals surface area contributed by atoms with Crippen LogP contribution in [0.3, 0.4) is 0 Å². The molecule has 0 aliphatic rings. The summed E-state index contributed by atoms with van der Waals surface area (Å²) >= 11 is 0. The summed E-state index contributed by atoms with van der Waals surface area (Å²) in [5.74, 6) is 0.149. The number of carbonyl (C=O) groups excluding carboxylic acids is 1. The Labute approximate surface area is 92.5 Å². The van der Waals surface area contributed by atoms with Crippen molar-refractivity contribution in [3.05, 3.63) is 34.4 Å². The lowest BCUT2D eigenvalue weighted by molar-refractivity contribution is 0.101. The van der Waals surface area contributed by atoms with Crippen LogP contribution in [0, 0.1) is 13.8 Å². The molecule has 0 bridgehead atoms. The Balaban J connectivity index is 3.41. The zero-order valence-electron chi connectivity index (χ0n) is 10.6. The molecule has 1 heteroatoms. The molecule has 1 rings (SSSR count). The first kappa shape index (κ1) is 12.0. The summed E-state index contributed by atoms with van der Waals surface area (Å²) in [5, 5.41) is 0. The Kier molecular flexibility index (Phi) is 3.03. The molecule has 0 spiro atoms. The Hall–Kier alpha value is -1.11. The molecule has 82 valence electrons. The van der Waals surface area contributed by atoms with E-state index in [0.29, 0.717) is 0 Å². The van der Waals surface area contributed by atoms with Crippen molar-refractivity contribution in [1.82, 2.24) is 0 Å². The molecule has 0 aliphatic carbocycles. The molecule has 0 heterocycles. The lowest BCUT2D eigenvalue weighted by Crippen LogP contribution is -2.15. The van der Waals surface area contributed by atoms with Crippen molar-refractivity contribution in [3.8, 4) is 0 Å². The van der Waals surface area contributed by atoms with Crippen molar-refractivity contribution in [3.63, 3.8) is 0 Å². The first-order valence-corrected chi connectivity index (χ1v) is 5.36. The quantitative estimate of drug-likeness (QED) is 0.636. The van der Waals surface area contributed by atoms with Gasteiger partial charge in [0.1, 0.15) is 0 Å². The monoisotopic (exact) mass is 204 g/mol. The van der Waals surface area contributed by atoms with Crippen LogP contribution in [-0.4, -0.2) is 5.78 Å². The molecule has 0 N–H and O–H groups in total. The summed E-state index contributed by atoms with van der Waals surface area (Å²) in [6.45, 7) is 12.3. The Morgan fingerprint density at radius 2 is 1.60 bits per heavy atom. The Bertz CT molecular complexity index is 395. The maximum absolute atomic E-state index is 11.4. The highest BCUT2D eigenvalue weighted by Crippen LogP contribution is 2.28. The van der Waals surface area contributed by atoms with Gasteiger partial charge < -0.3 is 0 Å². The van der Waals surface area contributed by atoms with E-state index in [2.05, 4.69) is 33.8 Å². The van der Waals surface area contributed by atoms with Crippen LogP contribution in [0.2, 0.25) is 0 Å². The van der Waals surface area contributed by atoms with Gasteiger partial charge in [-0.25, -0.2) is 0 Å². The lowest BCUT2D eigenvalue weighted by atomic mass is 9.81. The molecule has 0 atom stereocenters. The molecule has 0 amide bonds. The molecule has 1 aromatic carbocycles. The van der Waals surface area contributed by atoms with Crippen molar-refractivity contribution >= 4 is 5.78 Å². The zero-order valence-corrected chi connectivity index (χ0v) is 10.6. The average Bonchev–Trinajstić information content (AvgIpc) is 2.06. The van der Waals surface area contributed by atoms with E-state index in [1.165, 1.54) is 11.1 Å². The maximum atomic E-state index is 11.4. The zero-order chi connectivity index (χ0) is 11.8. The van der Waals surface area contributed by atoms with Gasteiger partial charge in [0, 0.05) is 5.56 Å². The fraction of sp³-hybridized carbons (Fsp3) is 0.500. The molecule has 1 aromatic rings. The standard InChI is InChI=1S/C14H20O/c1-9-10(2)13(14(4,5)6)8-7-12(9)11(3)15/h7-8H,1-6H3. The normalized spacial score (nSPS) is 11.6. The summed E-state index contributed by atoms with van der Waals surface area (Å²) in [6.07, 6.45) is 0. The smallest absolute Gasteiger partial charge is 0.160 e. The minimum absolute atomic E-state index is 0.143. The van der Waals surface area contributed by atoms with Crippen molar-refractivity contribution in [1.29, 1.82) is 0 Å². The third-order valence-electron chi connectivity index (χ3n) is 2.97. The van der Waals surface area contributed by atoms with Crippen molar-refractivity contribution in [2.45, 2.75) is 47.0 Å². The average molecular weight is 204 g/mol. The van der Waals surface area contributed by atoms with Crippen LogP contribution in [0.4, 0.5) is 0 Å². The predicted molar refractivity (Wildman–Crippen MR) is 64.6 cm³/mol. The minimum Gasteiger partial charge on any atom is -0.295 e. The molecule has 0 radical (unpaired) electrons. The number of carbonyl (C=O) groups is 1. The van der Waals surface area contributed by atoms with Crippen LogP contribution in [0.25, 0.3) is 0 Å². The second-order valence-corrected chi connectivity index (χ2v) is 5.22. The Morgan fingerprint density at radius 1 is 1.07 bits per heavy atom. The van der Waals surface area contributed by atoms with Crippen LogP contribution in [0.1, 0.15) is 54.7 Å². The summed E-state index contributed by atoms with van der Waals surface area (Å²) in [7, 11) is 0. The van der Waals surface area contributed by atoms with E-state index in [1.54, 1.807) is 6.92 Å². The first-order chi connectivity index (χ1) is 6.75. The van der Waals surface area contributed by atoms with Gasteiger partial charge in [0.15, 0.2) is 5.78 Å². The summed E-state index contributed by atoms with van der Waals surface area (Å²) in [5.41, 5.74) is 4.68. The SMILES string of the molecule is CC(=O)c1ccc(C(C)(C)C)c(C)c1C. The minimum atomic E-state index is 0.143. The highest BCUT2D eigenvalue weighted by Gasteiger charge is 2.18. The van der Waals surface area contributed by atoms with E-state index in [0.717, 1.165) is 11.1 Å². The van der Waals surface area contributed by atoms with E-state index in [9.17, 15) is 4.79 Å². The number of hydrogen-bond acceptors (Lipinski definition) is 1. The van der Waals surface area contributed by atoms with Crippen LogP contribution < -0.4 is 0 Å². The number of Topliss-reactive ketones (excluding diaryl/α,β-unsaturated/α-hetero) is 1. The van der Waals surface area contributed by atoms with Crippen LogP contribution in [0.5, 0.6) is 0 Å². The maximum Gasteiger partial charge on any atom is 0.160 e. The molecular formula is C14H20O. The lowest BCUT2D eigenvalue weighted by Gasteiger charge is -2.23. The van der Waals surface area contributed by atoms with E-state index in [4.69, 9.17) is 0 Å². The van der Waals surface area contributed by atoms with E-state index >= 15 is 0 Å². The van der Waals surface area contributed by atoms with E-state index in [-0.39, 0.29) is 11.2 Å². The second-order valence-electron chi connectivity index (χ2n) is 5.22. The molecule has 0 saturated heterocycles. The third kappa shape index (κ3) is 2.28. The van der Waals surface area contributed by atoms with Crippen molar-refractivity contribution < 1.29 is 4.79 Å². The summed E-state index contributed by atoms with van der Waals surface area (Å²) in [4.78, 5) is 11.4.